The van der Waals surface area contributed by atoms with Crippen molar-refractivity contribution in [2.24, 2.45) is 11.3 Å². The molecule has 1 aliphatic heterocycles. The number of aliphatic carboxylic acids is 1. The molecule has 6 heteroatoms. The van der Waals surface area contributed by atoms with Gasteiger partial charge < -0.3 is 10.0 Å². The summed E-state index contributed by atoms with van der Waals surface area (Å²) in [5, 5.41) is 13.9. The average molecular weight is 335 g/mol. The first-order chi connectivity index (χ1) is 11.1. The van der Waals surface area contributed by atoms with Crippen LogP contribution in [0.3, 0.4) is 0 Å². The highest BCUT2D eigenvalue weighted by molar-refractivity contribution is 5.80. The molecule has 2 rings (SSSR count). The van der Waals surface area contributed by atoms with Gasteiger partial charge in [0.2, 0.25) is 5.91 Å². The normalized spacial score (nSPS) is 20.8. The second-order valence-corrected chi connectivity index (χ2v) is 7.66. The molecule has 1 atom stereocenters. The summed E-state index contributed by atoms with van der Waals surface area (Å²) in [5.41, 5.74) is 2.46. The quantitative estimate of drug-likeness (QED) is 0.866. The number of nitrogens with zero attached hydrogens (tertiary/aromatic N) is 3. The molecule has 1 N–H and O–H groups in total. The van der Waals surface area contributed by atoms with Crippen LogP contribution in [0.1, 0.15) is 50.6 Å². The minimum absolute atomic E-state index is 0.0374. The Bertz CT molecular complexity index is 636. The van der Waals surface area contributed by atoms with Crippen molar-refractivity contribution in [2.75, 3.05) is 13.1 Å². The van der Waals surface area contributed by atoms with Crippen molar-refractivity contribution in [1.29, 1.82) is 0 Å². The Labute approximate surface area is 143 Å². The lowest BCUT2D eigenvalue weighted by Gasteiger charge is -2.20. The number of hydrogen-bond donors (Lipinski definition) is 1. The fourth-order valence-electron chi connectivity index (χ4n) is 3.36. The van der Waals surface area contributed by atoms with Crippen molar-refractivity contribution in [3.63, 3.8) is 0 Å². The zero-order chi connectivity index (χ0) is 18.1. The van der Waals surface area contributed by atoms with Crippen molar-refractivity contribution in [3.8, 4) is 0 Å². The molecule has 134 valence electrons. The van der Waals surface area contributed by atoms with Gasteiger partial charge in [-0.3, -0.25) is 14.3 Å². The monoisotopic (exact) mass is 335 g/mol. The Hall–Kier alpha value is -1.85. The first kappa shape index (κ1) is 18.5. The van der Waals surface area contributed by atoms with Gasteiger partial charge in [0.1, 0.15) is 0 Å². The lowest BCUT2D eigenvalue weighted by atomic mass is 9.90. The molecule has 1 aromatic heterocycles. The smallest absolute Gasteiger partial charge is 0.311 e. The zero-order valence-corrected chi connectivity index (χ0v) is 15.4. The molecule has 1 amide bonds. The summed E-state index contributed by atoms with van der Waals surface area (Å²) in [5.74, 6) is -0.259. The second-order valence-electron chi connectivity index (χ2n) is 7.66. The molecule has 0 saturated carbocycles. The number of carbonyl (C=O) groups is 2. The van der Waals surface area contributed by atoms with E-state index in [4.69, 9.17) is 0 Å². The van der Waals surface area contributed by atoms with Gasteiger partial charge in [-0.05, 0) is 45.1 Å². The van der Waals surface area contributed by atoms with E-state index in [2.05, 4.69) is 25.9 Å². The molecule has 1 aromatic rings. The first-order valence-electron chi connectivity index (χ1n) is 8.68. The van der Waals surface area contributed by atoms with Gasteiger partial charge in [-0.25, -0.2) is 0 Å². The van der Waals surface area contributed by atoms with E-state index in [0.29, 0.717) is 38.3 Å². The maximum Gasteiger partial charge on any atom is 0.311 e. The average Bonchev–Trinajstić information content (AvgIpc) is 3.00. The minimum Gasteiger partial charge on any atom is -0.481 e. The SMILES string of the molecule is Cc1nn(CC(C)C)c(C)c1CCC(=O)N1CC[C@](C)(C(=O)O)C1. The van der Waals surface area contributed by atoms with Crippen LogP contribution < -0.4 is 0 Å². The molecular weight excluding hydrogens is 306 g/mol. The lowest BCUT2D eigenvalue weighted by molar-refractivity contribution is -0.147. The summed E-state index contributed by atoms with van der Waals surface area (Å²) in [6.45, 7) is 11.8. The summed E-state index contributed by atoms with van der Waals surface area (Å²) in [6, 6.07) is 0. The molecule has 0 radical (unpaired) electrons. The van der Waals surface area contributed by atoms with Crippen molar-refractivity contribution in [3.05, 3.63) is 17.0 Å². The predicted molar refractivity (Wildman–Crippen MR) is 91.8 cm³/mol. The van der Waals surface area contributed by atoms with Gasteiger partial charge >= 0.3 is 5.97 Å². The van der Waals surface area contributed by atoms with Crippen LogP contribution in [0.2, 0.25) is 0 Å². The van der Waals surface area contributed by atoms with E-state index in [-0.39, 0.29) is 5.91 Å². The first-order valence-corrected chi connectivity index (χ1v) is 8.68. The Morgan fingerprint density at radius 3 is 2.54 bits per heavy atom. The molecule has 0 bridgehead atoms. The van der Waals surface area contributed by atoms with E-state index in [1.54, 1.807) is 11.8 Å². The van der Waals surface area contributed by atoms with Crippen molar-refractivity contribution in [2.45, 2.75) is 60.4 Å². The third-order valence-corrected chi connectivity index (χ3v) is 5.00. The van der Waals surface area contributed by atoms with Gasteiger partial charge in [0.15, 0.2) is 0 Å². The molecule has 0 aromatic carbocycles. The van der Waals surface area contributed by atoms with E-state index in [1.165, 1.54) is 0 Å². The van der Waals surface area contributed by atoms with Crippen molar-refractivity contribution >= 4 is 11.9 Å². The van der Waals surface area contributed by atoms with E-state index < -0.39 is 11.4 Å². The van der Waals surface area contributed by atoms with Gasteiger partial charge in [0.25, 0.3) is 0 Å². The Morgan fingerprint density at radius 1 is 1.33 bits per heavy atom. The van der Waals surface area contributed by atoms with Crippen LogP contribution >= 0.6 is 0 Å². The summed E-state index contributed by atoms with van der Waals surface area (Å²) in [4.78, 5) is 25.4. The Balaban J connectivity index is 1.98. The maximum atomic E-state index is 12.4. The van der Waals surface area contributed by atoms with Gasteiger partial charge in [-0.15, -0.1) is 0 Å². The molecule has 0 unspecified atom stereocenters. The number of carbonyl (C=O) groups excluding carboxylic acids is 1. The van der Waals surface area contributed by atoms with Gasteiger partial charge in [0, 0.05) is 31.7 Å². The molecule has 0 spiro atoms. The predicted octanol–water partition coefficient (Wildman–Crippen LogP) is 2.41. The van der Waals surface area contributed by atoms with Crippen LogP contribution in [0.15, 0.2) is 0 Å². The molecule has 6 nitrogen and oxygen atoms in total. The molecule has 24 heavy (non-hydrogen) atoms. The minimum atomic E-state index is -0.820. The van der Waals surface area contributed by atoms with E-state index in [1.807, 2.05) is 11.6 Å². The molecular formula is C18H29N3O3. The van der Waals surface area contributed by atoms with E-state index in [0.717, 1.165) is 23.5 Å². The molecule has 1 aliphatic rings. The van der Waals surface area contributed by atoms with Crippen molar-refractivity contribution in [1.82, 2.24) is 14.7 Å². The number of carboxylic acids is 1. The summed E-state index contributed by atoms with van der Waals surface area (Å²) < 4.78 is 2.02. The van der Waals surface area contributed by atoms with Gasteiger partial charge in [0.05, 0.1) is 11.1 Å². The van der Waals surface area contributed by atoms with Gasteiger partial charge in [-0.2, -0.15) is 5.10 Å². The number of likely N-dealkylation sites (tertiary alicyclic amines) is 1. The number of rotatable bonds is 6. The van der Waals surface area contributed by atoms with Crippen LogP contribution in [0.4, 0.5) is 0 Å². The van der Waals surface area contributed by atoms with Crippen molar-refractivity contribution < 1.29 is 14.7 Å². The number of aromatic nitrogens is 2. The maximum absolute atomic E-state index is 12.4. The largest absolute Gasteiger partial charge is 0.481 e. The van der Waals surface area contributed by atoms with Crippen LogP contribution in [-0.2, 0) is 22.6 Å². The third kappa shape index (κ3) is 3.79. The fourth-order valence-corrected chi connectivity index (χ4v) is 3.36. The molecule has 1 fully saturated rings. The van der Waals surface area contributed by atoms with Gasteiger partial charge in [-0.1, -0.05) is 13.8 Å². The third-order valence-electron chi connectivity index (χ3n) is 5.00. The fraction of sp³-hybridized carbons (Fsp3) is 0.722. The van der Waals surface area contributed by atoms with Crippen LogP contribution in [0.5, 0.6) is 0 Å². The van der Waals surface area contributed by atoms with Crippen LogP contribution in [0.25, 0.3) is 0 Å². The standard InChI is InChI=1S/C18H29N3O3/c1-12(2)10-21-14(4)15(13(3)19-21)6-7-16(22)20-9-8-18(5,11-20)17(23)24/h12H,6-11H2,1-5H3,(H,23,24)/t18-/m0/s1. The Morgan fingerprint density at radius 2 is 2.00 bits per heavy atom. The Kier molecular flexibility index (Phi) is 5.35. The summed E-state index contributed by atoms with van der Waals surface area (Å²) in [7, 11) is 0. The number of hydrogen-bond acceptors (Lipinski definition) is 3. The topological polar surface area (TPSA) is 75.4 Å². The zero-order valence-electron chi connectivity index (χ0n) is 15.4. The molecule has 2 heterocycles. The number of aryl methyl sites for hydroxylation is 1. The number of amides is 1. The summed E-state index contributed by atoms with van der Waals surface area (Å²) in [6.07, 6.45) is 1.60. The second kappa shape index (κ2) is 6.95. The molecule has 1 saturated heterocycles. The van der Waals surface area contributed by atoms with E-state index >= 15 is 0 Å². The number of carboxylic acid groups (broad SMARTS) is 1. The molecule has 0 aliphatic carbocycles. The van der Waals surface area contributed by atoms with E-state index in [9.17, 15) is 14.7 Å². The van der Waals surface area contributed by atoms with Crippen LogP contribution in [0, 0.1) is 25.2 Å². The van der Waals surface area contributed by atoms with Crippen LogP contribution in [-0.4, -0.2) is 44.8 Å². The highest BCUT2D eigenvalue weighted by Gasteiger charge is 2.41. The highest BCUT2D eigenvalue weighted by Crippen LogP contribution is 2.30. The summed E-state index contributed by atoms with van der Waals surface area (Å²) >= 11 is 0. The lowest BCUT2D eigenvalue weighted by Crippen LogP contribution is -2.35. The highest BCUT2D eigenvalue weighted by atomic mass is 16.4.